The lowest BCUT2D eigenvalue weighted by molar-refractivity contribution is 0.0358. The zero-order valence-electron chi connectivity index (χ0n) is 18.3. The smallest absolute Gasteiger partial charge is 0.266 e. The van der Waals surface area contributed by atoms with Crippen molar-refractivity contribution in [3.05, 3.63) is 102 Å². The molecule has 0 aliphatic rings. The monoisotopic (exact) mass is 453 g/mol. The van der Waals surface area contributed by atoms with E-state index >= 15 is 0 Å². The zero-order chi connectivity index (χ0) is 23.2. The van der Waals surface area contributed by atoms with Crippen molar-refractivity contribution in [2.75, 3.05) is 6.26 Å². The van der Waals surface area contributed by atoms with Gasteiger partial charge in [0.05, 0.1) is 6.26 Å². The highest BCUT2D eigenvalue weighted by atomic mass is 32.2. The number of ketones is 1. The summed E-state index contributed by atoms with van der Waals surface area (Å²) in [6, 6.07) is 25.4. The average Bonchev–Trinajstić information content (AvgIpc) is 2.77. The summed E-state index contributed by atoms with van der Waals surface area (Å²) in [7, 11) is -3.92. The van der Waals surface area contributed by atoms with Crippen molar-refractivity contribution in [2.45, 2.75) is 32.2 Å². The molecular weight excluding hydrogens is 426 g/mol. The number of benzene rings is 3. The maximum absolute atomic E-state index is 13.3. The normalized spacial score (nSPS) is 14.3. The summed E-state index contributed by atoms with van der Waals surface area (Å²) in [5.74, 6) is 0.0991. The summed E-state index contributed by atoms with van der Waals surface area (Å²) in [6.07, 6.45) is 0.925. The van der Waals surface area contributed by atoms with Crippen LogP contribution in [0.15, 0.2) is 84.9 Å². The molecule has 0 heterocycles. The van der Waals surface area contributed by atoms with Crippen molar-refractivity contribution in [1.29, 1.82) is 0 Å². The van der Waals surface area contributed by atoms with Gasteiger partial charge in [0.15, 0.2) is 5.72 Å². The molecule has 0 saturated heterocycles. The summed E-state index contributed by atoms with van der Waals surface area (Å²) in [4.78, 5) is 13.3. The third-order valence-corrected chi connectivity index (χ3v) is 5.54. The molecule has 0 aliphatic carbocycles. The van der Waals surface area contributed by atoms with Gasteiger partial charge in [-0.15, -0.1) is 0 Å². The van der Waals surface area contributed by atoms with Crippen molar-refractivity contribution >= 4 is 15.9 Å². The molecule has 3 aromatic rings. The van der Waals surface area contributed by atoms with Gasteiger partial charge in [-0.1, -0.05) is 60.7 Å². The molecular formula is C25H27NO5S. The van der Waals surface area contributed by atoms with E-state index in [1.165, 1.54) is 6.92 Å². The standard InChI is InChI=1S/C25H27NO5S/c1-19(21-12-8-5-9-13-21)26-25(2,31-32(3,28)29)24(27)22-14-16-23(17-15-22)30-18-20-10-6-4-7-11-20/h4-17,19,26H,18H2,1-3H3/t19-,25+/m0/s1. The number of hydrogen-bond acceptors (Lipinski definition) is 6. The van der Waals surface area contributed by atoms with Gasteiger partial charge in [0.25, 0.3) is 10.1 Å². The third-order valence-electron chi connectivity index (χ3n) is 4.91. The van der Waals surface area contributed by atoms with Crippen LogP contribution in [0.3, 0.4) is 0 Å². The number of ether oxygens (including phenoxy) is 1. The largest absolute Gasteiger partial charge is 0.489 e. The first-order valence-corrected chi connectivity index (χ1v) is 12.0. The maximum atomic E-state index is 13.3. The van der Waals surface area contributed by atoms with Crippen LogP contribution >= 0.6 is 0 Å². The summed E-state index contributed by atoms with van der Waals surface area (Å²) < 4.78 is 34.9. The predicted molar refractivity (Wildman–Crippen MR) is 124 cm³/mol. The van der Waals surface area contributed by atoms with Gasteiger partial charge in [-0.25, -0.2) is 4.18 Å². The second-order valence-corrected chi connectivity index (χ2v) is 9.30. The first-order valence-electron chi connectivity index (χ1n) is 10.2. The quantitative estimate of drug-likeness (QED) is 0.277. The number of rotatable bonds is 10. The maximum Gasteiger partial charge on any atom is 0.266 e. The molecule has 0 aromatic heterocycles. The molecule has 1 N–H and O–H groups in total. The molecule has 6 nitrogen and oxygen atoms in total. The molecule has 3 aromatic carbocycles. The fourth-order valence-corrected chi connectivity index (χ4v) is 4.12. The second-order valence-electron chi connectivity index (χ2n) is 7.73. The van der Waals surface area contributed by atoms with Crippen LogP contribution in [0.5, 0.6) is 5.75 Å². The van der Waals surface area contributed by atoms with E-state index in [1.54, 1.807) is 24.3 Å². The summed E-state index contributed by atoms with van der Waals surface area (Å²) in [5, 5.41) is 3.04. The lowest BCUT2D eigenvalue weighted by Gasteiger charge is -2.31. The molecule has 3 rings (SSSR count). The topological polar surface area (TPSA) is 81.7 Å². The molecule has 0 saturated carbocycles. The van der Waals surface area contributed by atoms with Crippen LogP contribution < -0.4 is 10.1 Å². The van der Waals surface area contributed by atoms with Crippen LogP contribution in [0.4, 0.5) is 0 Å². The van der Waals surface area contributed by atoms with Crippen LogP contribution in [0.25, 0.3) is 0 Å². The fourth-order valence-electron chi connectivity index (χ4n) is 3.39. The van der Waals surface area contributed by atoms with Crippen LogP contribution in [0, 0.1) is 0 Å². The number of carbonyl (C=O) groups is 1. The number of Topliss-reactive ketones (excluding diaryl/α,β-unsaturated/α-hetero) is 1. The summed E-state index contributed by atoms with van der Waals surface area (Å²) >= 11 is 0. The molecule has 0 unspecified atom stereocenters. The zero-order valence-corrected chi connectivity index (χ0v) is 19.1. The molecule has 2 atom stereocenters. The van der Waals surface area contributed by atoms with E-state index in [0.717, 1.165) is 17.4 Å². The molecule has 0 aliphatic heterocycles. The van der Waals surface area contributed by atoms with E-state index in [0.29, 0.717) is 17.9 Å². The average molecular weight is 454 g/mol. The molecule has 0 spiro atoms. The Hall–Kier alpha value is -3.00. The van der Waals surface area contributed by atoms with E-state index in [1.807, 2.05) is 67.6 Å². The van der Waals surface area contributed by atoms with Gasteiger partial charge in [0.2, 0.25) is 5.78 Å². The van der Waals surface area contributed by atoms with Gasteiger partial charge in [-0.2, -0.15) is 8.42 Å². The minimum absolute atomic E-state index is 0.302. The van der Waals surface area contributed by atoms with Crippen LogP contribution in [-0.2, 0) is 20.9 Å². The fraction of sp³-hybridized carbons (Fsp3) is 0.240. The van der Waals surface area contributed by atoms with E-state index in [2.05, 4.69) is 5.32 Å². The Kier molecular flexibility index (Phi) is 7.45. The lowest BCUT2D eigenvalue weighted by Crippen LogP contribution is -2.53. The van der Waals surface area contributed by atoms with E-state index in [9.17, 15) is 13.2 Å². The van der Waals surface area contributed by atoms with Crippen LogP contribution in [0.1, 0.15) is 41.4 Å². The van der Waals surface area contributed by atoms with Gasteiger partial charge in [-0.05, 0) is 49.2 Å². The van der Waals surface area contributed by atoms with Crippen molar-refractivity contribution in [3.8, 4) is 5.75 Å². The highest BCUT2D eigenvalue weighted by Gasteiger charge is 2.39. The predicted octanol–water partition coefficient (Wildman–Crippen LogP) is 4.49. The van der Waals surface area contributed by atoms with E-state index in [-0.39, 0.29) is 6.04 Å². The third kappa shape index (κ3) is 6.50. The van der Waals surface area contributed by atoms with E-state index < -0.39 is 21.6 Å². The van der Waals surface area contributed by atoms with Gasteiger partial charge in [0, 0.05) is 11.6 Å². The minimum Gasteiger partial charge on any atom is -0.489 e. The first kappa shape index (κ1) is 23.7. The van der Waals surface area contributed by atoms with Crippen LogP contribution in [-0.4, -0.2) is 26.2 Å². The van der Waals surface area contributed by atoms with E-state index in [4.69, 9.17) is 8.92 Å². The van der Waals surface area contributed by atoms with Gasteiger partial charge < -0.3 is 4.74 Å². The Balaban J connectivity index is 1.77. The molecule has 0 amide bonds. The Labute approximate surface area is 189 Å². The summed E-state index contributed by atoms with van der Waals surface area (Å²) in [5.41, 5.74) is 0.444. The Morgan fingerprint density at radius 2 is 1.50 bits per heavy atom. The second kappa shape index (κ2) is 10.1. The molecule has 0 radical (unpaired) electrons. The highest BCUT2D eigenvalue weighted by Crippen LogP contribution is 2.24. The molecule has 0 fully saturated rings. The van der Waals surface area contributed by atoms with Crippen LogP contribution in [0.2, 0.25) is 0 Å². The first-order chi connectivity index (χ1) is 15.2. The molecule has 7 heteroatoms. The lowest BCUT2D eigenvalue weighted by atomic mass is 9.99. The van der Waals surface area contributed by atoms with Crippen molar-refractivity contribution in [1.82, 2.24) is 5.32 Å². The van der Waals surface area contributed by atoms with Gasteiger partial charge >= 0.3 is 0 Å². The molecule has 32 heavy (non-hydrogen) atoms. The van der Waals surface area contributed by atoms with Crippen molar-refractivity contribution in [2.24, 2.45) is 0 Å². The summed E-state index contributed by atoms with van der Waals surface area (Å²) in [6.45, 7) is 3.67. The Bertz CT molecular complexity index is 1130. The SMILES string of the molecule is C[C@H](N[C@](C)(OS(C)(=O)=O)C(=O)c1ccc(OCc2ccccc2)cc1)c1ccccc1. The number of nitrogens with one attached hydrogen (secondary N) is 1. The van der Waals surface area contributed by atoms with Gasteiger partial charge in [-0.3, -0.25) is 10.1 Å². The van der Waals surface area contributed by atoms with Gasteiger partial charge in [0.1, 0.15) is 12.4 Å². The Morgan fingerprint density at radius 1 is 0.938 bits per heavy atom. The number of carbonyl (C=O) groups excluding carboxylic acids is 1. The highest BCUT2D eigenvalue weighted by molar-refractivity contribution is 7.86. The Morgan fingerprint density at radius 3 is 2.06 bits per heavy atom. The minimum atomic E-state index is -3.92. The van der Waals surface area contributed by atoms with Crippen molar-refractivity contribution < 1.29 is 22.1 Å². The number of hydrogen-bond donors (Lipinski definition) is 1. The molecule has 168 valence electrons. The molecule has 0 bridgehead atoms. The van der Waals surface area contributed by atoms with Crippen molar-refractivity contribution in [3.63, 3.8) is 0 Å².